The fourth-order valence-corrected chi connectivity index (χ4v) is 1.20. The minimum atomic E-state index is -0.452. The number of benzene rings is 1. The predicted octanol–water partition coefficient (Wildman–Crippen LogP) is 3.13. The van der Waals surface area contributed by atoms with Gasteiger partial charge >= 0.3 is 0 Å². The second-order valence-corrected chi connectivity index (χ2v) is 4.04. The molecule has 0 saturated heterocycles. The van der Waals surface area contributed by atoms with E-state index in [1.165, 1.54) is 12.1 Å². The molecule has 4 heteroatoms. The van der Waals surface area contributed by atoms with Crippen molar-refractivity contribution in [3.63, 3.8) is 0 Å². The summed E-state index contributed by atoms with van der Waals surface area (Å²) < 4.78 is 13.1. The molecule has 0 fully saturated rings. The minimum Gasteiger partial charge on any atom is -0.397 e. The van der Waals surface area contributed by atoms with Crippen molar-refractivity contribution in [1.82, 2.24) is 0 Å². The second kappa shape index (κ2) is 4.51. The van der Waals surface area contributed by atoms with Crippen molar-refractivity contribution >= 4 is 23.0 Å². The standard InChI is InChI=1S/C10H14ClFN2/c1-6(2)5-14-10-4-8(12)7(11)3-9(10)13/h3-4,6,14H,5,13H2,1-2H3. The Labute approximate surface area is 88.2 Å². The van der Waals surface area contributed by atoms with E-state index in [-0.39, 0.29) is 5.02 Å². The van der Waals surface area contributed by atoms with Crippen molar-refractivity contribution < 1.29 is 4.39 Å². The van der Waals surface area contributed by atoms with E-state index in [1.807, 2.05) is 0 Å². The second-order valence-electron chi connectivity index (χ2n) is 3.63. The summed E-state index contributed by atoms with van der Waals surface area (Å²) >= 11 is 5.57. The van der Waals surface area contributed by atoms with Crippen molar-refractivity contribution in [2.24, 2.45) is 5.92 Å². The van der Waals surface area contributed by atoms with Crippen LogP contribution in [0.3, 0.4) is 0 Å². The summed E-state index contributed by atoms with van der Waals surface area (Å²) in [4.78, 5) is 0. The highest BCUT2D eigenvalue weighted by molar-refractivity contribution is 6.31. The number of nitrogens with one attached hydrogen (secondary N) is 1. The topological polar surface area (TPSA) is 38.0 Å². The number of nitrogen functional groups attached to an aromatic ring is 1. The third kappa shape index (κ3) is 2.77. The summed E-state index contributed by atoms with van der Waals surface area (Å²) in [7, 11) is 0. The number of hydrogen-bond acceptors (Lipinski definition) is 2. The fraction of sp³-hybridized carbons (Fsp3) is 0.400. The molecule has 1 aromatic rings. The smallest absolute Gasteiger partial charge is 0.143 e. The van der Waals surface area contributed by atoms with Crippen molar-refractivity contribution in [3.05, 3.63) is 23.0 Å². The van der Waals surface area contributed by atoms with Crippen molar-refractivity contribution in [2.45, 2.75) is 13.8 Å². The predicted molar refractivity (Wildman–Crippen MR) is 59.2 cm³/mol. The fourth-order valence-electron chi connectivity index (χ4n) is 1.03. The average molecular weight is 217 g/mol. The molecule has 0 unspecified atom stereocenters. The van der Waals surface area contributed by atoms with E-state index in [1.54, 1.807) is 0 Å². The molecule has 0 aliphatic carbocycles. The number of anilines is 2. The molecular weight excluding hydrogens is 203 g/mol. The van der Waals surface area contributed by atoms with E-state index in [2.05, 4.69) is 19.2 Å². The van der Waals surface area contributed by atoms with Crippen LogP contribution in [0.2, 0.25) is 5.02 Å². The molecule has 78 valence electrons. The zero-order valence-electron chi connectivity index (χ0n) is 8.27. The van der Waals surface area contributed by atoms with Crippen LogP contribution in [0.5, 0.6) is 0 Å². The van der Waals surface area contributed by atoms with Crippen LogP contribution in [-0.2, 0) is 0 Å². The quantitative estimate of drug-likeness (QED) is 0.762. The monoisotopic (exact) mass is 216 g/mol. The molecule has 0 amide bonds. The molecule has 2 nitrogen and oxygen atoms in total. The van der Waals surface area contributed by atoms with Gasteiger partial charge in [0.1, 0.15) is 5.82 Å². The summed E-state index contributed by atoms with van der Waals surface area (Å²) in [5, 5.41) is 3.11. The maximum Gasteiger partial charge on any atom is 0.143 e. The Morgan fingerprint density at radius 1 is 1.50 bits per heavy atom. The van der Waals surface area contributed by atoms with Gasteiger partial charge in [0.25, 0.3) is 0 Å². The van der Waals surface area contributed by atoms with Gasteiger partial charge in [0, 0.05) is 12.6 Å². The largest absolute Gasteiger partial charge is 0.397 e. The SMILES string of the molecule is CC(C)CNc1cc(F)c(Cl)cc1N. The zero-order chi connectivity index (χ0) is 10.7. The van der Waals surface area contributed by atoms with Crippen LogP contribution in [0.25, 0.3) is 0 Å². The highest BCUT2D eigenvalue weighted by Gasteiger charge is 2.06. The number of halogens is 2. The van der Waals surface area contributed by atoms with Gasteiger partial charge in [-0.25, -0.2) is 4.39 Å². The van der Waals surface area contributed by atoms with Crippen LogP contribution in [-0.4, -0.2) is 6.54 Å². The molecule has 0 saturated carbocycles. The molecular formula is C10H14ClFN2. The van der Waals surface area contributed by atoms with Crippen LogP contribution in [0, 0.1) is 11.7 Å². The molecule has 0 atom stereocenters. The van der Waals surface area contributed by atoms with Gasteiger partial charge in [0.15, 0.2) is 0 Å². The number of hydrogen-bond donors (Lipinski definition) is 2. The number of nitrogens with two attached hydrogens (primary N) is 1. The summed E-state index contributed by atoms with van der Waals surface area (Å²) in [6.07, 6.45) is 0. The third-order valence-electron chi connectivity index (χ3n) is 1.79. The summed E-state index contributed by atoms with van der Waals surface area (Å²) in [6.45, 7) is 4.89. The highest BCUT2D eigenvalue weighted by Crippen LogP contribution is 2.26. The third-order valence-corrected chi connectivity index (χ3v) is 2.08. The first kappa shape index (κ1) is 11.1. The Hall–Kier alpha value is -0.960. The highest BCUT2D eigenvalue weighted by atomic mass is 35.5. The lowest BCUT2D eigenvalue weighted by molar-refractivity contribution is 0.628. The molecule has 0 aromatic heterocycles. The molecule has 0 aliphatic rings. The van der Waals surface area contributed by atoms with E-state index < -0.39 is 5.82 Å². The van der Waals surface area contributed by atoms with Gasteiger partial charge in [-0.2, -0.15) is 0 Å². The van der Waals surface area contributed by atoms with Gasteiger partial charge in [-0.15, -0.1) is 0 Å². The van der Waals surface area contributed by atoms with Crippen molar-refractivity contribution in [2.75, 3.05) is 17.6 Å². The molecule has 0 bridgehead atoms. The van der Waals surface area contributed by atoms with Gasteiger partial charge in [-0.05, 0) is 12.0 Å². The van der Waals surface area contributed by atoms with Gasteiger partial charge in [-0.3, -0.25) is 0 Å². The van der Waals surface area contributed by atoms with E-state index in [9.17, 15) is 4.39 Å². The van der Waals surface area contributed by atoms with Crippen LogP contribution in [0.1, 0.15) is 13.8 Å². The minimum absolute atomic E-state index is 0.0533. The summed E-state index contributed by atoms with van der Waals surface area (Å²) in [5.41, 5.74) is 6.73. The Balaban J connectivity index is 2.82. The molecule has 0 heterocycles. The van der Waals surface area contributed by atoms with Crippen molar-refractivity contribution in [1.29, 1.82) is 0 Å². The molecule has 1 aromatic carbocycles. The maximum atomic E-state index is 13.1. The first-order valence-electron chi connectivity index (χ1n) is 4.49. The van der Waals surface area contributed by atoms with E-state index in [4.69, 9.17) is 17.3 Å². The molecule has 3 N–H and O–H groups in total. The van der Waals surface area contributed by atoms with Crippen LogP contribution in [0.15, 0.2) is 12.1 Å². The van der Waals surface area contributed by atoms with Gasteiger partial charge in [0.05, 0.1) is 16.4 Å². The maximum absolute atomic E-state index is 13.1. The zero-order valence-corrected chi connectivity index (χ0v) is 9.03. The first-order chi connectivity index (χ1) is 6.50. The Bertz CT molecular complexity index is 326. The van der Waals surface area contributed by atoms with E-state index in [0.29, 0.717) is 17.3 Å². The lowest BCUT2D eigenvalue weighted by Gasteiger charge is -2.11. The van der Waals surface area contributed by atoms with Crippen LogP contribution in [0.4, 0.5) is 15.8 Å². The lowest BCUT2D eigenvalue weighted by Crippen LogP contribution is -2.09. The Morgan fingerprint density at radius 2 is 2.14 bits per heavy atom. The van der Waals surface area contributed by atoms with Gasteiger partial charge < -0.3 is 11.1 Å². The van der Waals surface area contributed by atoms with Crippen LogP contribution >= 0.6 is 11.6 Å². The van der Waals surface area contributed by atoms with Crippen LogP contribution < -0.4 is 11.1 Å². The van der Waals surface area contributed by atoms with E-state index in [0.717, 1.165) is 6.54 Å². The van der Waals surface area contributed by atoms with Crippen molar-refractivity contribution in [3.8, 4) is 0 Å². The molecule has 0 radical (unpaired) electrons. The van der Waals surface area contributed by atoms with Gasteiger partial charge in [-0.1, -0.05) is 25.4 Å². The number of rotatable bonds is 3. The lowest BCUT2D eigenvalue weighted by atomic mass is 10.2. The summed E-state index contributed by atoms with van der Waals surface area (Å²) in [6, 6.07) is 2.74. The summed E-state index contributed by atoms with van der Waals surface area (Å²) in [5.74, 6) is 0.0280. The Morgan fingerprint density at radius 3 is 2.71 bits per heavy atom. The van der Waals surface area contributed by atoms with Gasteiger partial charge in [0.2, 0.25) is 0 Å². The average Bonchev–Trinajstić information content (AvgIpc) is 2.09. The Kier molecular flexibility index (Phi) is 3.58. The molecule has 0 spiro atoms. The molecule has 0 aliphatic heterocycles. The molecule has 1 rings (SSSR count). The molecule has 14 heavy (non-hydrogen) atoms. The normalized spacial score (nSPS) is 10.6. The van der Waals surface area contributed by atoms with E-state index >= 15 is 0 Å². The first-order valence-corrected chi connectivity index (χ1v) is 4.87.